The van der Waals surface area contributed by atoms with Crippen molar-refractivity contribution in [2.45, 2.75) is 25.3 Å². The van der Waals surface area contributed by atoms with Crippen LogP contribution in [0.5, 0.6) is 0 Å². The molecule has 7 nitrogen and oxygen atoms in total. The van der Waals surface area contributed by atoms with Crippen LogP contribution >= 0.6 is 0 Å². The van der Waals surface area contributed by atoms with Crippen LogP contribution < -0.4 is 15.1 Å². The van der Waals surface area contributed by atoms with Gasteiger partial charge in [-0.2, -0.15) is 15.0 Å². The van der Waals surface area contributed by atoms with Crippen LogP contribution in [0.1, 0.15) is 19.3 Å². The molecule has 0 aromatic carbocycles. The topological polar surface area (TPSA) is 77.4 Å². The second-order valence-electron chi connectivity index (χ2n) is 4.91. The maximum atomic E-state index is 9.23. The zero-order valence-corrected chi connectivity index (χ0v) is 11.8. The van der Waals surface area contributed by atoms with Crippen molar-refractivity contribution in [2.24, 2.45) is 0 Å². The van der Waals surface area contributed by atoms with Crippen molar-refractivity contribution in [3.8, 4) is 0 Å². The van der Waals surface area contributed by atoms with Crippen molar-refractivity contribution in [3.05, 3.63) is 0 Å². The molecule has 19 heavy (non-hydrogen) atoms. The smallest absolute Gasteiger partial charge is 0.232 e. The molecule has 0 spiro atoms. The summed E-state index contributed by atoms with van der Waals surface area (Å²) in [4.78, 5) is 17.1. The molecule has 0 saturated heterocycles. The Balaban J connectivity index is 2.31. The first-order valence-electron chi connectivity index (χ1n) is 6.64. The first kappa shape index (κ1) is 13.8. The summed E-state index contributed by atoms with van der Waals surface area (Å²) in [5.74, 6) is 1.81. The molecular formula is C12H22N6O. The third-order valence-corrected chi connectivity index (χ3v) is 3.35. The second kappa shape index (κ2) is 6.01. The fourth-order valence-electron chi connectivity index (χ4n) is 2.05. The number of aliphatic hydroxyl groups is 1. The van der Waals surface area contributed by atoms with Crippen molar-refractivity contribution in [1.29, 1.82) is 0 Å². The average Bonchev–Trinajstić information content (AvgIpc) is 2.35. The van der Waals surface area contributed by atoms with Crippen molar-refractivity contribution < 1.29 is 5.11 Å². The molecule has 2 N–H and O–H groups in total. The maximum Gasteiger partial charge on any atom is 0.232 e. The molecule has 1 fully saturated rings. The summed E-state index contributed by atoms with van der Waals surface area (Å²) in [5.41, 5.74) is 0. The van der Waals surface area contributed by atoms with E-state index in [2.05, 4.69) is 25.2 Å². The van der Waals surface area contributed by atoms with Gasteiger partial charge in [-0.25, -0.2) is 0 Å². The molecule has 0 bridgehead atoms. The first-order chi connectivity index (χ1) is 9.15. The predicted octanol–water partition coefficient (Wildman–Crippen LogP) is 0.330. The fourth-order valence-corrected chi connectivity index (χ4v) is 2.05. The monoisotopic (exact) mass is 266 g/mol. The Kier molecular flexibility index (Phi) is 4.36. The number of nitrogens with one attached hydrogen (secondary N) is 1. The maximum absolute atomic E-state index is 9.23. The van der Waals surface area contributed by atoms with E-state index in [4.69, 9.17) is 0 Å². The minimum Gasteiger partial charge on any atom is -0.395 e. The highest BCUT2D eigenvalue weighted by molar-refractivity contribution is 5.45. The number of hydrogen-bond acceptors (Lipinski definition) is 7. The average molecular weight is 266 g/mol. The van der Waals surface area contributed by atoms with Gasteiger partial charge in [0.15, 0.2) is 0 Å². The zero-order valence-electron chi connectivity index (χ0n) is 11.8. The Hall–Kier alpha value is -1.63. The third-order valence-electron chi connectivity index (χ3n) is 3.35. The van der Waals surface area contributed by atoms with Crippen LogP contribution in [0.15, 0.2) is 0 Å². The van der Waals surface area contributed by atoms with E-state index < -0.39 is 0 Å². The summed E-state index contributed by atoms with van der Waals surface area (Å²) < 4.78 is 0. The number of rotatable bonds is 6. The Morgan fingerprint density at radius 1 is 1.21 bits per heavy atom. The minimum atomic E-state index is 0.106. The quantitative estimate of drug-likeness (QED) is 0.768. The molecule has 2 rings (SSSR count). The van der Waals surface area contributed by atoms with Crippen LogP contribution in [0, 0.1) is 0 Å². The fraction of sp³-hybridized carbons (Fsp3) is 0.750. The van der Waals surface area contributed by atoms with E-state index in [0.717, 1.165) is 12.8 Å². The number of anilines is 3. The van der Waals surface area contributed by atoms with E-state index in [0.29, 0.717) is 30.4 Å². The lowest BCUT2D eigenvalue weighted by Gasteiger charge is -2.37. The summed E-state index contributed by atoms with van der Waals surface area (Å²) in [7, 11) is 5.59. The molecule has 0 atom stereocenters. The number of aromatic nitrogens is 3. The molecule has 0 radical (unpaired) electrons. The van der Waals surface area contributed by atoms with Crippen molar-refractivity contribution in [1.82, 2.24) is 15.0 Å². The van der Waals surface area contributed by atoms with Gasteiger partial charge in [0.1, 0.15) is 0 Å². The largest absolute Gasteiger partial charge is 0.395 e. The van der Waals surface area contributed by atoms with E-state index in [9.17, 15) is 5.11 Å². The molecule has 0 amide bonds. The normalized spacial score (nSPS) is 14.9. The van der Waals surface area contributed by atoms with E-state index in [1.807, 2.05) is 19.0 Å². The lowest BCUT2D eigenvalue weighted by atomic mass is 9.92. The Bertz CT molecular complexity index is 421. The Morgan fingerprint density at radius 3 is 2.37 bits per heavy atom. The summed E-state index contributed by atoms with van der Waals surface area (Å²) in [6.07, 6.45) is 3.51. The SMILES string of the molecule is CNc1nc(N(C)C)nc(N(CCO)C2CCC2)n1. The van der Waals surface area contributed by atoms with Crippen LogP contribution in [0.3, 0.4) is 0 Å². The Labute approximate surface area is 113 Å². The zero-order chi connectivity index (χ0) is 13.8. The second-order valence-corrected chi connectivity index (χ2v) is 4.91. The molecule has 1 aromatic heterocycles. The summed E-state index contributed by atoms with van der Waals surface area (Å²) in [5, 5.41) is 12.2. The number of aliphatic hydroxyl groups excluding tert-OH is 1. The molecule has 0 aliphatic heterocycles. The van der Waals surface area contributed by atoms with Gasteiger partial charge in [-0.05, 0) is 19.3 Å². The lowest BCUT2D eigenvalue weighted by molar-refractivity contribution is 0.282. The predicted molar refractivity (Wildman–Crippen MR) is 75.8 cm³/mol. The van der Waals surface area contributed by atoms with Crippen molar-refractivity contribution in [3.63, 3.8) is 0 Å². The van der Waals surface area contributed by atoms with Gasteiger partial charge in [0, 0.05) is 33.7 Å². The Morgan fingerprint density at radius 2 is 1.89 bits per heavy atom. The van der Waals surface area contributed by atoms with Crippen LogP contribution in [-0.2, 0) is 0 Å². The molecule has 0 unspecified atom stereocenters. The number of hydrogen-bond donors (Lipinski definition) is 2. The molecule has 1 saturated carbocycles. The van der Waals surface area contributed by atoms with Gasteiger partial charge in [0.2, 0.25) is 17.8 Å². The summed E-state index contributed by atoms with van der Waals surface area (Å²) in [6, 6.07) is 0.439. The van der Waals surface area contributed by atoms with Crippen LogP contribution in [0.25, 0.3) is 0 Å². The molecule has 1 aliphatic rings. The van der Waals surface area contributed by atoms with E-state index in [1.165, 1.54) is 6.42 Å². The molecule has 1 aromatic rings. The molecule has 1 aliphatic carbocycles. The number of nitrogens with zero attached hydrogens (tertiary/aromatic N) is 5. The standard InChI is InChI=1S/C12H22N6O/c1-13-10-14-11(17(2)3)16-12(15-10)18(7-8-19)9-5-4-6-9/h9,19H,4-8H2,1-3H3,(H,13,14,15,16). The van der Waals surface area contributed by atoms with Gasteiger partial charge in [-0.15, -0.1) is 0 Å². The highest BCUT2D eigenvalue weighted by Gasteiger charge is 2.27. The van der Waals surface area contributed by atoms with Gasteiger partial charge in [0.05, 0.1) is 6.61 Å². The summed E-state index contributed by atoms with van der Waals surface area (Å²) >= 11 is 0. The molecular weight excluding hydrogens is 244 g/mol. The molecule has 106 valence electrons. The molecule has 1 heterocycles. The highest BCUT2D eigenvalue weighted by atomic mass is 16.3. The lowest BCUT2D eigenvalue weighted by Crippen LogP contribution is -2.43. The van der Waals surface area contributed by atoms with Gasteiger partial charge in [-0.1, -0.05) is 0 Å². The van der Waals surface area contributed by atoms with Crippen molar-refractivity contribution >= 4 is 17.8 Å². The van der Waals surface area contributed by atoms with Crippen LogP contribution in [-0.4, -0.2) is 60.4 Å². The van der Waals surface area contributed by atoms with E-state index in [-0.39, 0.29) is 6.61 Å². The van der Waals surface area contributed by atoms with E-state index in [1.54, 1.807) is 7.05 Å². The summed E-state index contributed by atoms with van der Waals surface area (Å²) in [6.45, 7) is 0.666. The molecule has 7 heteroatoms. The van der Waals surface area contributed by atoms with E-state index >= 15 is 0 Å². The van der Waals surface area contributed by atoms with Gasteiger partial charge < -0.3 is 20.2 Å². The highest BCUT2D eigenvalue weighted by Crippen LogP contribution is 2.28. The minimum absolute atomic E-state index is 0.106. The van der Waals surface area contributed by atoms with Gasteiger partial charge in [-0.3, -0.25) is 0 Å². The third kappa shape index (κ3) is 3.04. The first-order valence-corrected chi connectivity index (χ1v) is 6.64. The van der Waals surface area contributed by atoms with Crippen molar-refractivity contribution in [2.75, 3.05) is 49.4 Å². The van der Waals surface area contributed by atoms with Gasteiger partial charge >= 0.3 is 0 Å². The van der Waals surface area contributed by atoms with Crippen LogP contribution in [0.4, 0.5) is 17.8 Å². The van der Waals surface area contributed by atoms with Gasteiger partial charge in [0.25, 0.3) is 0 Å². The van der Waals surface area contributed by atoms with Crippen LogP contribution in [0.2, 0.25) is 0 Å².